The molecular formula is C15H15N5O2S. The van der Waals surface area contributed by atoms with Crippen molar-refractivity contribution in [3.05, 3.63) is 42.0 Å². The molecule has 7 nitrogen and oxygen atoms in total. The van der Waals surface area contributed by atoms with Crippen molar-refractivity contribution in [2.24, 2.45) is 0 Å². The summed E-state index contributed by atoms with van der Waals surface area (Å²) in [4.78, 5) is 16.2. The molecule has 1 amide bonds. The van der Waals surface area contributed by atoms with Gasteiger partial charge >= 0.3 is 6.09 Å². The quantitative estimate of drug-likeness (QED) is 0.791. The molecule has 0 aliphatic heterocycles. The van der Waals surface area contributed by atoms with E-state index in [2.05, 4.69) is 20.5 Å². The number of carbonyl (C=O) groups is 1. The molecular weight excluding hydrogens is 314 g/mol. The Labute approximate surface area is 137 Å². The average Bonchev–Trinajstić information content (AvgIpc) is 3.16. The van der Waals surface area contributed by atoms with E-state index in [1.807, 2.05) is 29.9 Å². The van der Waals surface area contributed by atoms with Crippen molar-refractivity contribution >= 4 is 22.6 Å². The molecule has 1 aromatic carbocycles. The van der Waals surface area contributed by atoms with E-state index in [-0.39, 0.29) is 6.04 Å². The molecule has 8 heteroatoms. The fourth-order valence-corrected chi connectivity index (χ4v) is 2.62. The van der Waals surface area contributed by atoms with Crippen LogP contribution in [0.4, 0.5) is 9.93 Å². The monoisotopic (exact) mass is 329 g/mol. The Kier molecular flexibility index (Phi) is 4.33. The van der Waals surface area contributed by atoms with Crippen molar-refractivity contribution in [3.8, 4) is 17.3 Å². The lowest BCUT2D eigenvalue weighted by Crippen LogP contribution is -2.16. The average molecular weight is 329 g/mol. The number of benzene rings is 1. The van der Waals surface area contributed by atoms with Crippen molar-refractivity contribution in [2.75, 3.05) is 5.32 Å². The van der Waals surface area contributed by atoms with Crippen LogP contribution in [0.2, 0.25) is 0 Å². The van der Waals surface area contributed by atoms with E-state index < -0.39 is 6.09 Å². The molecule has 0 radical (unpaired) electrons. The SMILES string of the molecule is CC(C)n1cnnc1-c1csc(NC(=O)Oc2ccccc2)n1. The summed E-state index contributed by atoms with van der Waals surface area (Å²) in [5, 5.41) is 12.9. The summed E-state index contributed by atoms with van der Waals surface area (Å²) in [6, 6.07) is 9.07. The van der Waals surface area contributed by atoms with Crippen LogP contribution in [-0.4, -0.2) is 25.8 Å². The van der Waals surface area contributed by atoms with Gasteiger partial charge in [-0.3, -0.25) is 5.32 Å². The Bertz CT molecular complexity index is 797. The number of ether oxygens (including phenoxy) is 1. The van der Waals surface area contributed by atoms with E-state index in [0.717, 1.165) is 0 Å². The predicted octanol–water partition coefficient (Wildman–Crippen LogP) is 3.59. The lowest BCUT2D eigenvalue weighted by Gasteiger charge is -2.07. The number of para-hydroxylation sites is 1. The van der Waals surface area contributed by atoms with Gasteiger partial charge in [0.05, 0.1) is 0 Å². The van der Waals surface area contributed by atoms with E-state index in [1.165, 1.54) is 11.3 Å². The molecule has 23 heavy (non-hydrogen) atoms. The Morgan fingerprint density at radius 1 is 1.30 bits per heavy atom. The van der Waals surface area contributed by atoms with E-state index >= 15 is 0 Å². The first-order valence-electron chi connectivity index (χ1n) is 7.03. The third-order valence-corrected chi connectivity index (χ3v) is 3.78. The summed E-state index contributed by atoms with van der Waals surface area (Å²) >= 11 is 1.30. The highest BCUT2D eigenvalue weighted by atomic mass is 32.1. The van der Waals surface area contributed by atoms with Gasteiger partial charge in [0.2, 0.25) is 0 Å². The van der Waals surface area contributed by atoms with Gasteiger partial charge < -0.3 is 9.30 Å². The summed E-state index contributed by atoms with van der Waals surface area (Å²) in [6.45, 7) is 4.07. The van der Waals surface area contributed by atoms with Crippen LogP contribution in [-0.2, 0) is 0 Å². The zero-order chi connectivity index (χ0) is 16.2. The molecule has 2 heterocycles. The molecule has 0 aliphatic carbocycles. The maximum Gasteiger partial charge on any atom is 0.418 e. The fourth-order valence-electron chi connectivity index (χ4n) is 1.95. The van der Waals surface area contributed by atoms with Crippen LogP contribution in [0, 0.1) is 0 Å². The van der Waals surface area contributed by atoms with Crippen LogP contribution < -0.4 is 10.1 Å². The van der Waals surface area contributed by atoms with Crippen molar-refractivity contribution in [3.63, 3.8) is 0 Å². The standard InChI is InChI=1S/C15H15N5O2S/c1-10(2)20-9-16-19-13(20)12-8-23-14(17-12)18-15(21)22-11-6-4-3-5-7-11/h3-10H,1-2H3,(H,17,18,21). The first-order valence-corrected chi connectivity index (χ1v) is 7.90. The van der Waals surface area contributed by atoms with E-state index in [0.29, 0.717) is 22.4 Å². The number of nitrogens with one attached hydrogen (secondary N) is 1. The second kappa shape index (κ2) is 6.57. The van der Waals surface area contributed by atoms with E-state index in [9.17, 15) is 4.79 Å². The molecule has 0 aliphatic rings. The first-order chi connectivity index (χ1) is 11.1. The zero-order valence-electron chi connectivity index (χ0n) is 12.6. The lowest BCUT2D eigenvalue weighted by atomic mass is 10.3. The summed E-state index contributed by atoms with van der Waals surface area (Å²) in [6.07, 6.45) is 1.08. The van der Waals surface area contributed by atoms with Gasteiger partial charge in [0.15, 0.2) is 11.0 Å². The smallest absolute Gasteiger partial charge is 0.410 e. The number of rotatable bonds is 4. The van der Waals surface area contributed by atoms with Crippen molar-refractivity contribution < 1.29 is 9.53 Å². The number of nitrogens with zero attached hydrogens (tertiary/aromatic N) is 4. The largest absolute Gasteiger partial charge is 0.418 e. The third-order valence-electron chi connectivity index (χ3n) is 3.03. The Balaban J connectivity index is 1.70. The lowest BCUT2D eigenvalue weighted by molar-refractivity contribution is 0.215. The summed E-state index contributed by atoms with van der Waals surface area (Å²) < 4.78 is 7.08. The van der Waals surface area contributed by atoms with E-state index in [4.69, 9.17) is 4.74 Å². The number of amides is 1. The normalized spacial score (nSPS) is 10.7. The van der Waals surface area contributed by atoms with Gasteiger partial charge in [0.1, 0.15) is 17.8 Å². The van der Waals surface area contributed by atoms with Crippen LogP contribution >= 0.6 is 11.3 Å². The molecule has 1 N–H and O–H groups in total. The minimum Gasteiger partial charge on any atom is -0.410 e. The van der Waals surface area contributed by atoms with Gasteiger partial charge in [0.25, 0.3) is 0 Å². The Morgan fingerprint density at radius 3 is 2.83 bits per heavy atom. The van der Waals surface area contributed by atoms with Gasteiger partial charge in [-0.05, 0) is 26.0 Å². The highest BCUT2D eigenvalue weighted by Crippen LogP contribution is 2.25. The van der Waals surface area contributed by atoms with Crippen molar-refractivity contribution in [2.45, 2.75) is 19.9 Å². The molecule has 0 bridgehead atoms. The summed E-state index contributed by atoms with van der Waals surface area (Å²) in [5.74, 6) is 1.14. The van der Waals surface area contributed by atoms with Gasteiger partial charge in [-0.1, -0.05) is 18.2 Å². The minimum absolute atomic E-state index is 0.223. The molecule has 2 aromatic heterocycles. The number of hydrogen-bond acceptors (Lipinski definition) is 6. The van der Waals surface area contributed by atoms with E-state index in [1.54, 1.807) is 30.6 Å². The maximum absolute atomic E-state index is 11.9. The number of thiazole rings is 1. The Morgan fingerprint density at radius 2 is 2.09 bits per heavy atom. The molecule has 0 saturated heterocycles. The van der Waals surface area contributed by atoms with Crippen LogP contribution in [0.15, 0.2) is 42.0 Å². The highest BCUT2D eigenvalue weighted by molar-refractivity contribution is 7.14. The van der Waals surface area contributed by atoms with Crippen LogP contribution in [0.1, 0.15) is 19.9 Å². The minimum atomic E-state index is -0.581. The molecule has 3 aromatic rings. The van der Waals surface area contributed by atoms with Gasteiger partial charge in [-0.25, -0.2) is 9.78 Å². The predicted molar refractivity (Wildman–Crippen MR) is 87.6 cm³/mol. The number of aromatic nitrogens is 4. The van der Waals surface area contributed by atoms with Gasteiger partial charge in [-0.15, -0.1) is 21.5 Å². The molecule has 0 fully saturated rings. The maximum atomic E-state index is 11.9. The second-order valence-electron chi connectivity index (χ2n) is 5.02. The van der Waals surface area contributed by atoms with Gasteiger partial charge in [0, 0.05) is 11.4 Å². The topological polar surface area (TPSA) is 81.9 Å². The van der Waals surface area contributed by atoms with Crippen LogP contribution in [0.3, 0.4) is 0 Å². The number of carbonyl (C=O) groups excluding carboxylic acids is 1. The van der Waals surface area contributed by atoms with Crippen molar-refractivity contribution in [1.29, 1.82) is 0 Å². The number of anilines is 1. The van der Waals surface area contributed by atoms with Crippen LogP contribution in [0.5, 0.6) is 5.75 Å². The molecule has 0 unspecified atom stereocenters. The number of hydrogen-bond donors (Lipinski definition) is 1. The highest BCUT2D eigenvalue weighted by Gasteiger charge is 2.15. The first kappa shape index (κ1) is 15.2. The third kappa shape index (κ3) is 3.54. The molecule has 118 valence electrons. The Hall–Kier alpha value is -2.74. The van der Waals surface area contributed by atoms with Crippen LogP contribution in [0.25, 0.3) is 11.5 Å². The second-order valence-corrected chi connectivity index (χ2v) is 5.88. The molecule has 0 saturated carbocycles. The zero-order valence-corrected chi connectivity index (χ0v) is 13.4. The molecule has 0 atom stereocenters. The summed E-state index contributed by atoms with van der Waals surface area (Å²) in [5.41, 5.74) is 0.663. The summed E-state index contributed by atoms with van der Waals surface area (Å²) in [7, 11) is 0. The molecule has 0 spiro atoms. The molecule has 3 rings (SSSR count). The van der Waals surface area contributed by atoms with Crippen molar-refractivity contribution in [1.82, 2.24) is 19.7 Å². The van der Waals surface area contributed by atoms with Gasteiger partial charge in [-0.2, -0.15) is 0 Å². The fraction of sp³-hybridized carbons (Fsp3) is 0.200.